The molecule has 1 saturated carbocycles. The minimum Gasteiger partial charge on any atom is -0.357 e. The molecule has 0 saturated heterocycles. The summed E-state index contributed by atoms with van der Waals surface area (Å²) in [5, 5.41) is 15.5. The van der Waals surface area contributed by atoms with Crippen molar-refractivity contribution in [1.29, 1.82) is 5.26 Å². The van der Waals surface area contributed by atoms with Crippen molar-refractivity contribution in [2.24, 2.45) is 4.99 Å². The molecule has 0 heterocycles. The van der Waals surface area contributed by atoms with Crippen molar-refractivity contribution in [2.75, 3.05) is 6.54 Å². The normalized spacial score (nSPS) is 16.1. The lowest BCUT2D eigenvalue weighted by Gasteiger charge is -2.24. The molecule has 0 unspecified atom stereocenters. The number of nitrogens with zero attached hydrogens (tertiary/aromatic N) is 2. The van der Waals surface area contributed by atoms with Gasteiger partial charge in [0.25, 0.3) is 0 Å². The number of nitriles is 1. The van der Waals surface area contributed by atoms with E-state index in [0.29, 0.717) is 17.2 Å². The Kier molecular flexibility index (Phi) is 6.20. The zero-order chi connectivity index (χ0) is 15.8. The van der Waals surface area contributed by atoms with Gasteiger partial charge < -0.3 is 10.6 Å². The Hall–Kier alpha value is -2.09. The standard InChI is InChI=1S/C17H23FN4/c1-2-20-17(22-15-6-4-3-5-7-15)21-12-14-10-13(11-19)8-9-16(14)18/h8-10,15H,2-7,12H2,1H3,(H2,20,21,22). The summed E-state index contributed by atoms with van der Waals surface area (Å²) >= 11 is 0. The van der Waals surface area contributed by atoms with E-state index in [1.165, 1.54) is 31.4 Å². The number of benzene rings is 1. The first kappa shape index (κ1) is 16.3. The van der Waals surface area contributed by atoms with Gasteiger partial charge in [-0.25, -0.2) is 9.38 Å². The second-order valence-corrected chi connectivity index (χ2v) is 5.59. The average Bonchev–Trinajstić information content (AvgIpc) is 2.55. The first-order valence-electron chi connectivity index (χ1n) is 7.96. The molecule has 0 amide bonds. The fourth-order valence-electron chi connectivity index (χ4n) is 2.69. The van der Waals surface area contributed by atoms with Crippen LogP contribution in [-0.2, 0) is 6.54 Å². The molecule has 1 aromatic carbocycles. The first-order chi connectivity index (χ1) is 10.7. The van der Waals surface area contributed by atoms with Crippen LogP contribution < -0.4 is 10.6 Å². The van der Waals surface area contributed by atoms with E-state index in [4.69, 9.17) is 5.26 Å². The van der Waals surface area contributed by atoms with Crippen molar-refractivity contribution < 1.29 is 4.39 Å². The molecule has 0 aliphatic heterocycles. The van der Waals surface area contributed by atoms with Crippen LogP contribution in [-0.4, -0.2) is 18.5 Å². The predicted molar refractivity (Wildman–Crippen MR) is 85.9 cm³/mol. The zero-order valence-electron chi connectivity index (χ0n) is 13.0. The molecule has 2 rings (SSSR count). The SMILES string of the molecule is CCNC(=NCc1cc(C#N)ccc1F)NC1CCCCC1. The lowest BCUT2D eigenvalue weighted by Crippen LogP contribution is -2.44. The molecule has 2 N–H and O–H groups in total. The highest BCUT2D eigenvalue weighted by atomic mass is 19.1. The number of nitrogens with one attached hydrogen (secondary N) is 2. The first-order valence-corrected chi connectivity index (χ1v) is 7.96. The molecule has 1 aliphatic carbocycles. The highest BCUT2D eigenvalue weighted by Crippen LogP contribution is 2.17. The molecule has 118 valence electrons. The topological polar surface area (TPSA) is 60.2 Å². The van der Waals surface area contributed by atoms with Crippen molar-refractivity contribution in [2.45, 2.75) is 51.6 Å². The summed E-state index contributed by atoms with van der Waals surface area (Å²) in [7, 11) is 0. The van der Waals surface area contributed by atoms with Crippen LogP contribution in [0.2, 0.25) is 0 Å². The van der Waals surface area contributed by atoms with E-state index in [1.54, 1.807) is 6.07 Å². The fraction of sp³-hybridized carbons (Fsp3) is 0.529. The summed E-state index contributed by atoms with van der Waals surface area (Å²) in [6, 6.07) is 6.84. The Morgan fingerprint density at radius 3 is 2.82 bits per heavy atom. The van der Waals surface area contributed by atoms with Gasteiger partial charge in [0.05, 0.1) is 18.2 Å². The van der Waals surface area contributed by atoms with Crippen LogP contribution in [0.1, 0.15) is 50.2 Å². The Morgan fingerprint density at radius 2 is 2.14 bits per heavy atom. The van der Waals surface area contributed by atoms with E-state index in [9.17, 15) is 4.39 Å². The number of aliphatic imine (C=N–C) groups is 1. The molecule has 22 heavy (non-hydrogen) atoms. The van der Waals surface area contributed by atoms with Crippen molar-refractivity contribution in [3.8, 4) is 6.07 Å². The van der Waals surface area contributed by atoms with Crippen LogP contribution in [0.5, 0.6) is 0 Å². The highest BCUT2D eigenvalue weighted by molar-refractivity contribution is 5.80. The second-order valence-electron chi connectivity index (χ2n) is 5.59. The average molecular weight is 302 g/mol. The minimum atomic E-state index is -0.323. The molecule has 0 atom stereocenters. The van der Waals surface area contributed by atoms with Gasteiger partial charge in [0.1, 0.15) is 5.82 Å². The number of hydrogen-bond donors (Lipinski definition) is 2. The van der Waals surface area contributed by atoms with Gasteiger partial charge >= 0.3 is 0 Å². The highest BCUT2D eigenvalue weighted by Gasteiger charge is 2.14. The van der Waals surface area contributed by atoms with Crippen molar-refractivity contribution >= 4 is 5.96 Å². The zero-order valence-corrected chi connectivity index (χ0v) is 13.0. The summed E-state index contributed by atoms with van der Waals surface area (Å²) in [6.07, 6.45) is 6.11. The van der Waals surface area contributed by atoms with E-state index in [-0.39, 0.29) is 12.4 Å². The molecule has 4 nitrogen and oxygen atoms in total. The molecule has 5 heteroatoms. The quantitative estimate of drug-likeness (QED) is 0.664. The molecule has 0 spiro atoms. The van der Waals surface area contributed by atoms with E-state index in [1.807, 2.05) is 13.0 Å². The molecule has 1 aliphatic rings. The maximum Gasteiger partial charge on any atom is 0.191 e. The van der Waals surface area contributed by atoms with Crippen LogP contribution in [0.15, 0.2) is 23.2 Å². The third-order valence-corrected chi connectivity index (χ3v) is 3.87. The lowest BCUT2D eigenvalue weighted by molar-refractivity contribution is 0.410. The Morgan fingerprint density at radius 1 is 1.36 bits per heavy atom. The van der Waals surface area contributed by atoms with Gasteiger partial charge in [0.2, 0.25) is 0 Å². The smallest absolute Gasteiger partial charge is 0.191 e. The number of guanidine groups is 1. The van der Waals surface area contributed by atoms with Gasteiger partial charge in [-0.2, -0.15) is 5.26 Å². The maximum absolute atomic E-state index is 13.8. The molecular formula is C17H23FN4. The third kappa shape index (κ3) is 4.73. The van der Waals surface area contributed by atoms with Gasteiger partial charge in [-0.15, -0.1) is 0 Å². The Labute approximate surface area is 131 Å². The second kappa shape index (κ2) is 8.38. The number of hydrogen-bond acceptors (Lipinski definition) is 2. The lowest BCUT2D eigenvalue weighted by atomic mass is 9.96. The molecule has 0 bridgehead atoms. The van der Waals surface area contributed by atoms with Gasteiger partial charge in [-0.3, -0.25) is 0 Å². The summed E-state index contributed by atoms with van der Waals surface area (Å²) in [4.78, 5) is 4.46. The Bertz CT molecular complexity index is 556. The van der Waals surface area contributed by atoms with Crippen LogP contribution in [0.25, 0.3) is 0 Å². The van der Waals surface area contributed by atoms with Gasteiger partial charge in [-0.05, 0) is 38.0 Å². The molecule has 0 radical (unpaired) electrons. The van der Waals surface area contributed by atoms with Gasteiger partial charge in [0, 0.05) is 18.2 Å². The van der Waals surface area contributed by atoms with Crippen molar-refractivity contribution in [3.05, 3.63) is 35.1 Å². The fourth-order valence-corrected chi connectivity index (χ4v) is 2.69. The summed E-state index contributed by atoms with van der Waals surface area (Å²) in [6.45, 7) is 3.00. The number of halogens is 1. The van der Waals surface area contributed by atoms with Gasteiger partial charge in [0.15, 0.2) is 5.96 Å². The molecule has 0 aromatic heterocycles. The summed E-state index contributed by atoms with van der Waals surface area (Å²) < 4.78 is 13.8. The van der Waals surface area contributed by atoms with E-state index in [2.05, 4.69) is 15.6 Å². The van der Waals surface area contributed by atoms with Crippen LogP contribution in [0, 0.1) is 17.1 Å². The maximum atomic E-state index is 13.8. The van der Waals surface area contributed by atoms with Crippen molar-refractivity contribution in [3.63, 3.8) is 0 Å². The molecular weight excluding hydrogens is 279 g/mol. The Balaban J connectivity index is 2.04. The summed E-state index contributed by atoms with van der Waals surface area (Å²) in [5.74, 6) is 0.396. The van der Waals surface area contributed by atoms with Crippen LogP contribution >= 0.6 is 0 Å². The summed E-state index contributed by atoms with van der Waals surface area (Å²) in [5.41, 5.74) is 0.900. The van der Waals surface area contributed by atoms with E-state index >= 15 is 0 Å². The molecule has 1 aromatic rings. The van der Waals surface area contributed by atoms with E-state index < -0.39 is 0 Å². The monoisotopic (exact) mass is 302 g/mol. The van der Waals surface area contributed by atoms with Crippen LogP contribution in [0.4, 0.5) is 4.39 Å². The third-order valence-electron chi connectivity index (χ3n) is 3.87. The number of rotatable bonds is 4. The van der Waals surface area contributed by atoms with E-state index in [0.717, 1.165) is 25.3 Å². The predicted octanol–water partition coefficient (Wildman–Crippen LogP) is 3.09. The molecule has 1 fully saturated rings. The van der Waals surface area contributed by atoms with Crippen molar-refractivity contribution in [1.82, 2.24) is 10.6 Å². The largest absolute Gasteiger partial charge is 0.357 e. The minimum absolute atomic E-state index is 0.226. The van der Waals surface area contributed by atoms with Crippen LogP contribution in [0.3, 0.4) is 0 Å². The van der Waals surface area contributed by atoms with Gasteiger partial charge in [-0.1, -0.05) is 19.3 Å².